The number of rotatable bonds is 3. The predicted molar refractivity (Wildman–Crippen MR) is 73.2 cm³/mol. The zero-order valence-corrected chi connectivity index (χ0v) is 11.3. The molecule has 1 saturated heterocycles. The highest BCUT2D eigenvalue weighted by Crippen LogP contribution is 2.20. The molecule has 4 heteroatoms. The second kappa shape index (κ2) is 5.82. The van der Waals surface area contributed by atoms with Gasteiger partial charge < -0.3 is 10.6 Å². The van der Waals surface area contributed by atoms with Gasteiger partial charge in [0.25, 0.3) is 0 Å². The van der Waals surface area contributed by atoms with Gasteiger partial charge in [0.05, 0.1) is 0 Å². The Balaban J connectivity index is 1.88. The first-order chi connectivity index (χ1) is 7.75. The van der Waals surface area contributed by atoms with Gasteiger partial charge in [-0.3, -0.25) is 0 Å². The molecule has 0 spiro atoms. The van der Waals surface area contributed by atoms with Crippen LogP contribution in [-0.2, 0) is 0 Å². The van der Waals surface area contributed by atoms with E-state index in [-0.39, 0.29) is 5.82 Å². The standard InChI is InChI=1S/C12H16FIN2/c13-10-3-4-12(11(14)6-10)16-8-9-2-1-5-15-7-9/h3-4,6,9,15-16H,1-2,5,7-8H2. The Morgan fingerprint density at radius 3 is 3.06 bits per heavy atom. The fraction of sp³-hybridized carbons (Fsp3) is 0.500. The normalized spacial score (nSPS) is 20.8. The zero-order valence-electron chi connectivity index (χ0n) is 9.10. The minimum absolute atomic E-state index is 0.172. The van der Waals surface area contributed by atoms with Gasteiger partial charge in [-0.2, -0.15) is 0 Å². The molecule has 1 aliphatic rings. The fourth-order valence-corrected chi connectivity index (χ4v) is 2.65. The number of hydrogen-bond acceptors (Lipinski definition) is 2. The smallest absolute Gasteiger partial charge is 0.124 e. The summed E-state index contributed by atoms with van der Waals surface area (Å²) in [5.41, 5.74) is 1.03. The Morgan fingerprint density at radius 1 is 1.50 bits per heavy atom. The van der Waals surface area contributed by atoms with E-state index in [0.717, 1.165) is 28.9 Å². The molecular weight excluding hydrogens is 318 g/mol. The van der Waals surface area contributed by atoms with Crippen molar-refractivity contribution in [2.24, 2.45) is 5.92 Å². The molecule has 0 bridgehead atoms. The number of halogens is 2. The monoisotopic (exact) mass is 334 g/mol. The van der Waals surface area contributed by atoms with Gasteiger partial charge in [-0.25, -0.2) is 4.39 Å². The molecule has 2 nitrogen and oxygen atoms in total. The van der Waals surface area contributed by atoms with Gasteiger partial charge >= 0.3 is 0 Å². The molecule has 1 unspecified atom stereocenters. The van der Waals surface area contributed by atoms with Gasteiger partial charge in [-0.15, -0.1) is 0 Å². The molecule has 1 atom stereocenters. The molecule has 0 saturated carbocycles. The lowest BCUT2D eigenvalue weighted by Crippen LogP contribution is -2.33. The predicted octanol–water partition coefficient (Wildman–Crippen LogP) is 2.84. The molecule has 1 aromatic rings. The number of piperidine rings is 1. The molecule has 0 amide bonds. The second-order valence-corrected chi connectivity index (χ2v) is 5.38. The average Bonchev–Trinajstić information content (AvgIpc) is 2.29. The summed E-state index contributed by atoms with van der Waals surface area (Å²) in [6.45, 7) is 3.20. The van der Waals surface area contributed by atoms with Crippen molar-refractivity contribution in [3.63, 3.8) is 0 Å². The Bertz CT molecular complexity index is 351. The third-order valence-electron chi connectivity index (χ3n) is 2.91. The van der Waals surface area contributed by atoms with Crippen molar-refractivity contribution in [3.8, 4) is 0 Å². The zero-order chi connectivity index (χ0) is 11.4. The van der Waals surface area contributed by atoms with Crippen LogP contribution in [0.2, 0.25) is 0 Å². The number of anilines is 1. The van der Waals surface area contributed by atoms with Crippen LogP contribution < -0.4 is 10.6 Å². The molecule has 88 valence electrons. The number of benzene rings is 1. The van der Waals surface area contributed by atoms with E-state index >= 15 is 0 Å². The van der Waals surface area contributed by atoms with E-state index in [1.54, 1.807) is 6.07 Å². The Morgan fingerprint density at radius 2 is 2.38 bits per heavy atom. The molecule has 1 heterocycles. The van der Waals surface area contributed by atoms with Crippen LogP contribution in [0.1, 0.15) is 12.8 Å². The molecule has 1 aliphatic heterocycles. The van der Waals surface area contributed by atoms with Crippen molar-refractivity contribution < 1.29 is 4.39 Å². The van der Waals surface area contributed by atoms with Crippen LogP contribution in [0.15, 0.2) is 18.2 Å². The summed E-state index contributed by atoms with van der Waals surface area (Å²) in [6, 6.07) is 4.87. The Kier molecular flexibility index (Phi) is 4.40. The van der Waals surface area contributed by atoms with E-state index in [9.17, 15) is 4.39 Å². The van der Waals surface area contributed by atoms with Gasteiger partial charge in [0.2, 0.25) is 0 Å². The molecule has 2 rings (SSSR count). The highest BCUT2D eigenvalue weighted by atomic mass is 127. The first-order valence-corrected chi connectivity index (χ1v) is 6.73. The number of nitrogens with one attached hydrogen (secondary N) is 2. The van der Waals surface area contributed by atoms with Crippen molar-refractivity contribution in [2.45, 2.75) is 12.8 Å². The lowest BCUT2D eigenvalue weighted by molar-refractivity contribution is 0.393. The Labute approximate surface area is 109 Å². The minimum Gasteiger partial charge on any atom is -0.384 e. The molecule has 16 heavy (non-hydrogen) atoms. The van der Waals surface area contributed by atoms with Crippen molar-refractivity contribution in [2.75, 3.05) is 25.0 Å². The lowest BCUT2D eigenvalue weighted by atomic mass is 10.00. The minimum atomic E-state index is -0.172. The molecule has 2 N–H and O–H groups in total. The number of hydrogen-bond donors (Lipinski definition) is 2. The van der Waals surface area contributed by atoms with Crippen molar-refractivity contribution in [3.05, 3.63) is 27.6 Å². The maximum absolute atomic E-state index is 12.9. The van der Waals surface area contributed by atoms with Crippen LogP contribution in [0.3, 0.4) is 0 Å². The summed E-state index contributed by atoms with van der Waals surface area (Å²) in [6.07, 6.45) is 2.53. The fourth-order valence-electron chi connectivity index (χ4n) is 1.99. The van der Waals surface area contributed by atoms with Crippen molar-refractivity contribution in [1.29, 1.82) is 0 Å². The van der Waals surface area contributed by atoms with Crippen LogP contribution >= 0.6 is 22.6 Å². The first-order valence-electron chi connectivity index (χ1n) is 5.65. The van der Waals surface area contributed by atoms with Gasteiger partial charge in [-0.05, 0) is 72.6 Å². The van der Waals surface area contributed by atoms with Crippen LogP contribution in [0.25, 0.3) is 0 Å². The summed E-state index contributed by atoms with van der Waals surface area (Å²) in [5.74, 6) is 0.517. The maximum Gasteiger partial charge on any atom is 0.124 e. The van der Waals surface area contributed by atoms with Gasteiger partial charge in [0.1, 0.15) is 5.82 Å². The van der Waals surface area contributed by atoms with E-state index in [1.165, 1.54) is 18.9 Å². The van der Waals surface area contributed by atoms with Gasteiger partial charge in [0.15, 0.2) is 0 Å². The van der Waals surface area contributed by atoms with Gasteiger partial charge in [0, 0.05) is 15.8 Å². The molecule has 1 aromatic carbocycles. The molecule has 0 radical (unpaired) electrons. The van der Waals surface area contributed by atoms with Gasteiger partial charge in [-0.1, -0.05) is 0 Å². The largest absolute Gasteiger partial charge is 0.384 e. The summed E-state index contributed by atoms with van der Waals surface area (Å²) in [7, 11) is 0. The van der Waals surface area contributed by atoms with E-state index in [1.807, 2.05) is 6.07 Å². The van der Waals surface area contributed by atoms with Crippen LogP contribution in [0, 0.1) is 15.3 Å². The van der Waals surface area contributed by atoms with Crippen LogP contribution in [-0.4, -0.2) is 19.6 Å². The average molecular weight is 334 g/mol. The van der Waals surface area contributed by atoms with E-state index in [2.05, 4.69) is 33.2 Å². The van der Waals surface area contributed by atoms with E-state index < -0.39 is 0 Å². The third-order valence-corrected chi connectivity index (χ3v) is 3.80. The maximum atomic E-state index is 12.9. The van der Waals surface area contributed by atoms with Crippen molar-refractivity contribution >= 4 is 28.3 Å². The second-order valence-electron chi connectivity index (χ2n) is 4.22. The summed E-state index contributed by atoms with van der Waals surface area (Å²) >= 11 is 2.16. The summed E-state index contributed by atoms with van der Waals surface area (Å²) in [4.78, 5) is 0. The SMILES string of the molecule is Fc1ccc(NCC2CCCNC2)c(I)c1. The van der Waals surface area contributed by atoms with Crippen molar-refractivity contribution in [1.82, 2.24) is 5.32 Å². The Hall–Kier alpha value is -0.360. The molecule has 0 aromatic heterocycles. The highest BCUT2D eigenvalue weighted by Gasteiger charge is 2.12. The molecule has 1 fully saturated rings. The van der Waals surface area contributed by atoms with E-state index in [4.69, 9.17) is 0 Å². The summed E-state index contributed by atoms with van der Waals surface area (Å²) < 4.78 is 13.8. The van der Waals surface area contributed by atoms with E-state index in [0.29, 0.717) is 5.92 Å². The summed E-state index contributed by atoms with van der Waals surface area (Å²) in [5, 5.41) is 6.79. The molecular formula is C12H16FIN2. The highest BCUT2D eigenvalue weighted by molar-refractivity contribution is 14.1. The lowest BCUT2D eigenvalue weighted by Gasteiger charge is -2.23. The topological polar surface area (TPSA) is 24.1 Å². The third kappa shape index (κ3) is 3.31. The van der Waals surface area contributed by atoms with Crippen LogP contribution in [0.5, 0.6) is 0 Å². The molecule has 0 aliphatic carbocycles. The first kappa shape index (κ1) is 12.1. The van der Waals surface area contributed by atoms with Crippen LogP contribution in [0.4, 0.5) is 10.1 Å². The quantitative estimate of drug-likeness (QED) is 0.831.